The Labute approximate surface area is 135 Å². The van der Waals surface area contributed by atoms with E-state index >= 15 is 0 Å². The highest BCUT2D eigenvalue weighted by Crippen LogP contribution is 2.25. The number of aromatic nitrogens is 2. The Balaban J connectivity index is 2.17. The lowest BCUT2D eigenvalue weighted by molar-refractivity contribution is 0.0695. The van der Waals surface area contributed by atoms with E-state index in [1.54, 1.807) is 4.90 Å². The minimum absolute atomic E-state index is 0.0290. The number of carboxylic acid groups (broad SMARTS) is 1. The molecular formula is C15H16FN5O3. The second-order valence-corrected chi connectivity index (χ2v) is 5.79. The second-order valence-electron chi connectivity index (χ2n) is 5.79. The molecule has 1 fully saturated rings. The fourth-order valence-corrected chi connectivity index (χ4v) is 2.89. The molecule has 0 saturated carbocycles. The van der Waals surface area contributed by atoms with Gasteiger partial charge in [-0.1, -0.05) is 0 Å². The molecule has 3 heterocycles. The van der Waals surface area contributed by atoms with Gasteiger partial charge in [0.15, 0.2) is 11.6 Å². The molecule has 0 radical (unpaired) electrons. The molecule has 3 rings (SSSR count). The second kappa shape index (κ2) is 5.68. The SMILES string of the molecule is Cn1cc(C(=O)O)c(=O)c2cc(F)c(N3CC(=N)C(CN)C3)nc21. The van der Waals surface area contributed by atoms with Gasteiger partial charge in [-0.25, -0.2) is 14.2 Å². The highest BCUT2D eigenvalue weighted by Gasteiger charge is 2.30. The van der Waals surface area contributed by atoms with Gasteiger partial charge < -0.3 is 25.7 Å². The lowest BCUT2D eigenvalue weighted by Crippen LogP contribution is -2.25. The lowest BCUT2D eigenvalue weighted by atomic mass is 10.1. The van der Waals surface area contributed by atoms with Crippen LogP contribution in [0.4, 0.5) is 10.2 Å². The van der Waals surface area contributed by atoms with Crippen LogP contribution in [0.3, 0.4) is 0 Å². The quantitative estimate of drug-likeness (QED) is 0.736. The number of aryl methyl sites for hydroxylation is 1. The number of nitrogens with zero attached hydrogens (tertiary/aromatic N) is 3. The maximum Gasteiger partial charge on any atom is 0.341 e. The molecule has 1 atom stereocenters. The van der Waals surface area contributed by atoms with E-state index in [0.717, 1.165) is 12.3 Å². The van der Waals surface area contributed by atoms with Crippen LogP contribution in [0.2, 0.25) is 0 Å². The summed E-state index contributed by atoms with van der Waals surface area (Å²) in [6.45, 7) is 0.898. The standard InChI is InChI=1S/C15H16FN5O3/c1-20-5-9(15(23)24)12(22)8-2-10(16)14(19-13(8)20)21-4-7(3-17)11(18)6-21/h2,5,7,18H,3-4,6,17H2,1H3,(H,23,24). The predicted molar refractivity (Wildman–Crippen MR) is 86.4 cm³/mol. The van der Waals surface area contributed by atoms with Crippen LogP contribution < -0.4 is 16.1 Å². The van der Waals surface area contributed by atoms with E-state index in [9.17, 15) is 14.0 Å². The zero-order chi connectivity index (χ0) is 17.6. The van der Waals surface area contributed by atoms with Crippen molar-refractivity contribution in [2.45, 2.75) is 0 Å². The van der Waals surface area contributed by atoms with E-state index in [1.807, 2.05) is 0 Å². The first-order chi connectivity index (χ1) is 11.3. The lowest BCUT2D eigenvalue weighted by Gasteiger charge is -2.18. The summed E-state index contributed by atoms with van der Waals surface area (Å²) in [4.78, 5) is 29.1. The molecule has 0 aromatic carbocycles. The van der Waals surface area contributed by atoms with Crippen molar-refractivity contribution in [1.82, 2.24) is 9.55 Å². The summed E-state index contributed by atoms with van der Waals surface area (Å²) in [6, 6.07) is 1.01. The molecule has 1 aliphatic heterocycles. The molecule has 0 bridgehead atoms. The Bertz CT molecular complexity index is 923. The average molecular weight is 333 g/mol. The van der Waals surface area contributed by atoms with E-state index in [4.69, 9.17) is 16.2 Å². The minimum Gasteiger partial charge on any atom is -0.477 e. The average Bonchev–Trinajstić information content (AvgIpc) is 2.90. The molecule has 0 aliphatic carbocycles. The topological polar surface area (TPSA) is 125 Å². The van der Waals surface area contributed by atoms with Crippen molar-refractivity contribution < 1.29 is 14.3 Å². The Morgan fingerprint density at radius 1 is 1.58 bits per heavy atom. The summed E-state index contributed by atoms with van der Waals surface area (Å²) in [5.41, 5.74) is 4.98. The predicted octanol–water partition coefficient (Wildman–Crippen LogP) is 0.185. The van der Waals surface area contributed by atoms with Crippen molar-refractivity contribution in [3.05, 3.63) is 33.9 Å². The normalized spacial score (nSPS) is 17.7. The number of aromatic carboxylic acids is 1. The fraction of sp³-hybridized carbons (Fsp3) is 0.333. The van der Waals surface area contributed by atoms with Crippen LogP contribution in [0, 0.1) is 17.1 Å². The summed E-state index contributed by atoms with van der Waals surface area (Å²) in [7, 11) is 1.54. The molecule has 0 spiro atoms. The Morgan fingerprint density at radius 3 is 2.88 bits per heavy atom. The number of halogens is 1. The zero-order valence-corrected chi connectivity index (χ0v) is 12.9. The molecule has 4 N–H and O–H groups in total. The molecule has 1 saturated heterocycles. The maximum atomic E-state index is 14.5. The zero-order valence-electron chi connectivity index (χ0n) is 12.9. The smallest absolute Gasteiger partial charge is 0.341 e. The number of nitrogens with one attached hydrogen (secondary N) is 1. The van der Waals surface area contributed by atoms with Crippen LogP contribution in [-0.2, 0) is 7.05 Å². The van der Waals surface area contributed by atoms with E-state index in [2.05, 4.69) is 4.98 Å². The van der Waals surface area contributed by atoms with Crippen LogP contribution in [-0.4, -0.2) is 46.0 Å². The molecule has 9 heteroatoms. The summed E-state index contributed by atoms with van der Waals surface area (Å²) in [5, 5.41) is 16.8. The van der Waals surface area contributed by atoms with Crippen LogP contribution in [0.5, 0.6) is 0 Å². The highest BCUT2D eigenvalue weighted by atomic mass is 19.1. The van der Waals surface area contributed by atoms with E-state index in [0.29, 0.717) is 18.8 Å². The first-order valence-corrected chi connectivity index (χ1v) is 7.29. The van der Waals surface area contributed by atoms with E-state index in [1.165, 1.54) is 11.6 Å². The maximum absolute atomic E-state index is 14.5. The van der Waals surface area contributed by atoms with Gasteiger partial charge in [-0.15, -0.1) is 0 Å². The number of carboxylic acids is 1. The third-order valence-corrected chi connectivity index (χ3v) is 4.19. The van der Waals surface area contributed by atoms with Crippen molar-refractivity contribution in [3.63, 3.8) is 0 Å². The minimum atomic E-state index is -1.37. The number of anilines is 1. The highest BCUT2D eigenvalue weighted by molar-refractivity contribution is 5.93. The van der Waals surface area contributed by atoms with Crippen LogP contribution in [0.15, 0.2) is 17.1 Å². The van der Waals surface area contributed by atoms with E-state index in [-0.39, 0.29) is 29.3 Å². The van der Waals surface area contributed by atoms with Crippen LogP contribution >= 0.6 is 0 Å². The summed E-state index contributed by atoms with van der Waals surface area (Å²) >= 11 is 0. The van der Waals surface area contributed by atoms with Crippen molar-refractivity contribution >= 4 is 28.5 Å². The summed E-state index contributed by atoms with van der Waals surface area (Å²) in [6.07, 6.45) is 1.16. The fourth-order valence-electron chi connectivity index (χ4n) is 2.89. The van der Waals surface area contributed by atoms with Gasteiger partial charge in [0, 0.05) is 38.0 Å². The molecule has 24 heavy (non-hydrogen) atoms. The first kappa shape index (κ1) is 16.1. The van der Waals surface area contributed by atoms with Gasteiger partial charge in [-0.2, -0.15) is 0 Å². The molecule has 2 aromatic rings. The largest absolute Gasteiger partial charge is 0.477 e. The number of pyridine rings is 2. The third kappa shape index (κ3) is 2.42. The van der Waals surface area contributed by atoms with Crippen molar-refractivity contribution in [3.8, 4) is 0 Å². The Morgan fingerprint density at radius 2 is 2.29 bits per heavy atom. The van der Waals surface area contributed by atoms with Gasteiger partial charge in [0.05, 0.1) is 11.9 Å². The van der Waals surface area contributed by atoms with Gasteiger partial charge >= 0.3 is 5.97 Å². The third-order valence-electron chi connectivity index (χ3n) is 4.19. The molecule has 1 unspecified atom stereocenters. The Hall–Kier alpha value is -2.81. The summed E-state index contributed by atoms with van der Waals surface area (Å²) in [5.74, 6) is -2.23. The number of hydrogen-bond acceptors (Lipinski definition) is 6. The number of rotatable bonds is 3. The number of carbonyl (C=O) groups is 1. The Kier molecular flexibility index (Phi) is 3.80. The monoisotopic (exact) mass is 333 g/mol. The van der Waals surface area contributed by atoms with Crippen molar-refractivity contribution in [2.75, 3.05) is 24.5 Å². The molecule has 8 nitrogen and oxygen atoms in total. The van der Waals surface area contributed by atoms with Crippen molar-refractivity contribution in [1.29, 1.82) is 5.41 Å². The molecule has 2 aromatic heterocycles. The van der Waals surface area contributed by atoms with Gasteiger partial charge in [-0.05, 0) is 6.07 Å². The van der Waals surface area contributed by atoms with Crippen molar-refractivity contribution in [2.24, 2.45) is 18.7 Å². The van der Waals surface area contributed by atoms with Gasteiger partial charge in [0.1, 0.15) is 11.2 Å². The van der Waals surface area contributed by atoms with Gasteiger partial charge in [0.25, 0.3) is 0 Å². The van der Waals surface area contributed by atoms with Crippen LogP contribution in [0.1, 0.15) is 10.4 Å². The number of fused-ring (bicyclic) bond motifs is 1. The van der Waals surface area contributed by atoms with Gasteiger partial charge in [0.2, 0.25) is 5.43 Å². The molecule has 0 amide bonds. The molecule has 126 valence electrons. The van der Waals surface area contributed by atoms with Gasteiger partial charge in [-0.3, -0.25) is 4.79 Å². The molecule has 1 aliphatic rings. The van der Waals surface area contributed by atoms with E-state index < -0.39 is 22.8 Å². The molecular weight excluding hydrogens is 317 g/mol. The number of hydrogen-bond donors (Lipinski definition) is 3. The first-order valence-electron chi connectivity index (χ1n) is 7.29. The summed E-state index contributed by atoms with van der Waals surface area (Å²) < 4.78 is 15.9. The number of nitrogens with two attached hydrogens (primary N) is 1. The van der Waals surface area contributed by atoms with Crippen LogP contribution in [0.25, 0.3) is 11.0 Å².